The Balaban J connectivity index is 2.18. The highest BCUT2D eigenvalue weighted by atomic mass is 16.5. The Morgan fingerprint density at radius 2 is 2.33 bits per heavy atom. The van der Waals surface area contributed by atoms with E-state index in [1.807, 2.05) is 32.0 Å². The standard InChI is InChI=1S/C16H24N2O3/c1-3-6-17-16(20)15-11-21-8-7-18(15)14-5-4-13(10-19)12(2)9-14/h4-5,9,15,19H,3,6-8,10-11H2,1-2H3,(H,17,20). The number of carbonyl (C=O) groups excluding carboxylic acids is 1. The summed E-state index contributed by atoms with van der Waals surface area (Å²) in [5.74, 6) is 0.0143. The maximum absolute atomic E-state index is 12.3. The van der Waals surface area contributed by atoms with Gasteiger partial charge in [0.05, 0.1) is 19.8 Å². The molecule has 1 aromatic carbocycles. The summed E-state index contributed by atoms with van der Waals surface area (Å²) >= 11 is 0. The van der Waals surface area contributed by atoms with Gasteiger partial charge in [-0.25, -0.2) is 0 Å². The van der Waals surface area contributed by atoms with Crippen molar-refractivity contribution in [1.82, 2.24) is 5.32 Å². The smallest absolute Gasteiger partial charge is 0.245 e. The molecule has 21 heavy (non-hydrogen) atoms. The van der Waals surface area contributed by atoms with Crippen LogP contribution in [0.15, 0.2) is 18.2 Å². The van der Waals surface area contributed by atoms with Gasteiger partial charge in [-0.1, -0.05) is 13.0 Å². The van der Waals surface area contributed by atoms with Crippen LogP contribution in [0.1, 0.15) is 24.5 Å². The molecule has 1 heterocycles. The number of hydrogen-bond donors (Lipinski definition) is 2. The molecule has 1 aliphatic heterocycles. The second-order valence-electron chi connectivity index (χ2n) is 5.34. The molecule has 1 atom stereocenters. The minimum absolute atomic E-state index is 0.0143. The highest BCUT2D eigenvalue weighted by Crippen LogP contribution is 2.23. The predicted octanol–water partition coefficient (Wildman–Crippen LogP) is 1.22. The summed E-state index contributed by atoms with van der Waals surface area (Å²) in [6.45, 7) is 6.46. The minimum atomic E-state index is -0.287. The van der Waals surface area contributed by atoms with Crippen LogP contribution in [0.2, 0.25) is 0 Å². The third kappa shape index (κ3) is 3.74. The van der Waals surface area contributed by atoms with Gasteiger partial charge in [0.2, 0.25) is 5.91 Å². The number of nitrogens with zero attached hydrogens (tertiary/aromatic N) is 1. The monoisotopic (exact) mass is 292 g/mol. The number of benzene rings is 1. The van der Waals surface area contributed by atoms with E-state index in [0.717, 1.165) is 23.2 Å². The fraction of sp³-hybridized carbons (Fsp3) is 0.562. The van der Waals surface area contributed by atoms with Crippen LogP contribution < -0.4 is 10.2 Å². The van der Waals surface area contributed by atoms with Gasteiger partial charge in [0, 0.05) is 18.8 Å². The number of aryl methyl sites for hydroxylation is 1. The Bertz CT molecular complexity index is 490. The molecule has 5 heteroatoms. The molecule has 1 amide bonds. The van der Waals surface area contributed by atoms with Gasteiger partial charge >= 0.3 is 0 Å². The summed E-state index contributed by atoms with van der Waals surface area (Å²) in [5.41, 5.74) is 2.96. The number of nitrogens with one attached hydrogen (secondary N) is 1. The zero-order chi connectivity index (χ0) is 15.2. The van der Waals surface area contributed by atoms with Crippen LogP contribution in [-0.4, -0.2) is 43.4 Å². The fourth-order valence-corrected chi connectivity index (χ4v) is 2.53. The van der Waals surface area contributed by atoms with Gasteiger partial charge in [0.15, 0.2) is 0 Å². The lowest BCUT2D eigenvalue weighted by atomic mass is 10.1. The highest BCUT2D eigenvalue weighted by Gasteiger charge is 2.29. The molecule has 1 fully saturated rings. The average Bonchev–Trinajstić information content (AvgIpc) is 2.52. The van der Waals surface area contributed by atoms with Gasteiger partial charge in [0.25, 0.3) is 0 Å². The first-order valence-corrected chi connectivity index (χ1v) is 7.49. The Morgan fingerprint density at radius 1 is 1.52 bits per heavy atom. The zero-order valence-electron chi connectivity index (χ0n) is 12.8. The Morgan fingerprint density at radius 3 is 3.00 bits per heavy atom. The molecule has 1 aliphatic rings. The topological polar surface area (TPSA) is 61.8 Å². The first-order valence-electron chi connectivity index (χ1n) is 7.49. The predicted molar refractivity (Wildman–Crippen MR) is 82.4 cm³/mol. The molecule has 2 N–H and O–H groups in total. The lowest BCUT2D eigenvalue weighted by Crippen LogP contribution is -2.54. The Hall–Kier alpha value is -1.59. The average molecular weight is 292 g/mol. The van der Waals surface area contributed by atoms with E-state index in [9.17, 15) is 9.90 Å². The van der Waals surface area contributed by atoms with Crippen molar-refractivity contribution < 1.29 is 14.6 Å². The number of aliphatic hydroxyl groups excluding tert-OH is 1. The molecule has 2 rings (SSSR count). The zero-order valence-corrected chi connectivity index (χ0v) is 12.8. The molecule has 0 aromatic heterocycles. The molecule has 1 aromatic rings. The second-order valence-corrected chi connectivity index (χ2v) is 5.34. The normalized spacial score (nSPS) is 18.6. The van der Waals surface area contributed by atoms with Gasteiger partial charge in [-0.2, -0.15) is 0 Å². The highest BCUT2D eigenvalue weighted by molar-refractivity contribution is 5.85. The number of ether oxygens (including phenoxy) is 1. The summed E-state index contributed by atoms with van der Waals surface area (Å²) in [6, 6.07) is 5.62. The number of amides is 1. The van der Waals surface area contributed by atoms with Crippen molar-refractivity contribution in [2.24, 2.45) is 0 Å². The molecule has 0 saturated carbocycles. The van der Waals surface area contributed by atoms with Gasteiger partial charge in [0.1, 0.15) is 6.04 Å². The first-order chi connectivity index (χ1) is 10.2. The molecule has 1 saturated heterocycles. The van der Waals surface area contributed by atoms with E-state index in [1.165, 1.54) is 0 Å². The molecular formula is C16H24N2O3. The number of rotatable bonds is 5. The number of hydrogen-bond acceptors (Lipinski definition) is 4. The van der Waals surface area contributed by atoms with Gasteiger partial charge in [-0.05, 0) is 36.6 Å². The summed E-state index contributed by atoms with van der Waals surface area (Å²) in [6.07, 6.45) is 0.920. The maximum atomic E-state index is 12.3. The summed E-state index contributed by atoms with van der Waals surface area (Å²) in [4.78, 5) is 14.4. The van der Waals surface area contributed by atoms with Gasteiger partial charge in [-0.15, -0.1) is 0 Å². The molecule has 1 unspecified atom stereocenters. The number of anilines is 1. The largest absolute Gasteiger partial charge is 0.392 e. The van der Waals surface area contributed by atoms with Crippen molar-refractivity contribution in [2.45, 2.75) is 32.9 Å². The van der Waals surface area contributed by atoms with Crippen LogP contribution in [0.25, 0.3) is 0 Å². The van der Waals surface area contributed by atoms with E-state index in [0.29, 0.717) is 26.3 Å². The molecule has 5 nitrogen and oxygen atoms in total. The van der Waals surface area contributed by atoms with Crippen molar-refractivity contribution in [3.8, 4) is 0 Å². The first kappa shape index (κ1) is 15.8. The maximum Gasteiger partial charge on any atom is 0.245 e. The summed E-state index contributed by atoms with van der Waals surface area (Å²) in [7, 11) is 0. The van der Waals surface area contributed by atoms with E-state index >= 15 is 0 Å². The lowest BCUT2D eigenvalue weighted by molar-refractivity contribution is -0.124. The quantitative estimate of drug-likeness (QED) is 0.856. The summed E-state index contributed by atoms with van der Waals surface area (Å²) < 4.78 is 5.47. The van der Waals surface area contributed by atoms with E-state index < -0.39 is 0 Å². The van der Waals surface area contributed by atoms with Crippen LogP contribution in [0.4, 0.5) is 5.69 Å². The van der Waals surface area contributed by atoms with Gasteiger partial charge in [-0.3, -0.25) is 4.79 Å². The molecule has 0 aliphatic carbocycles. The van der Waals surface area contributed by atoms with Crippen LogP contribution in [0.3, 0.4) is 0 Å². The van der Waals surface area contributed by atoms with Crippen molar-refractivity contribution in [3.05, 3.63) is 29.3 Å². The van der Waals surface area contributed by atoms with E-state index in [1.54, 1.807) is 0 Å². The van der Waals surface area contributed by atoms with Crippen LogP contribution in [-0.2, 0) is 16.1 Å². The van der Waals surface area contributed by atoms with Gasteiger partial charge < -0.3 is 20.1 Å². The Kier molecular flexibility index (Phi) is 5.59. The third-order valence-corrected chi connectivity index (χ3v) is 3.81. The van der Waals surface area contributed by atoms with E-state index in [4.69, 9.17) is 4.74 Å². The summed E-state index contributed by atoms with van der Waals surface area (Å²) in [5, 5.41) is 12.2. The molecule has 116 valence electrons. The van der Waals surface area contributed by atoms with Crippen molar-refractivity contribution in [1.29, 1.82) is 0 Å². The number of carbonyl (C=O) groups is 1. The molecule has 0 radical (unpaired) electrons. The van der Waals surface area contributed by atoms with Crippen LogP contribution >= 0.6 is 0 Å². The molecule has 0 spiro atoms. The fourth-order valence-electron chi connectivity index (χ4n) is 2.53. The van der Waals surface area contributed by atoms with Crippen LogP contribution in [0.5, 0.6) is 0 Å². The van der Waals surface area contributed by atoms with Crippen molar-refractivity contribution >= 4 is 11.6 Å². The third-order valence-electron chi connectivity index (χ3n) is 3.81. The second kappa shape index (κ2) is 7.43. The number of morpholine rings is 1. The SMILES string of the molecule is CCCNC(=O)C1COCCN1c1ccc(CO)c(C)c1. The number of aliphatic hydroxyl groups is 1. The minimum Gasteiger partial charge on any atom is -0.392 e. The van der Waals surface area contributed by atoms with Crippen molar-refractivity contribution in [2.75, 3.05) is 31.2 Å². The Labute approximate surface area is 125 Å². The molecular weight excluding hydrogens is 268 g/mol. The lowest BCUT2D eigenvalue weighted by Gasteiger charge is -2.36. The van der Waals surface area contributed by atoms with E-state index in [2.05, 4.69) is 10.2 Å². The molecule has 0 bridgehead atoms. The van der Waals surface area contributed by atoms with Crippen LogP contribution in [0, 0.1) is 6.92 Å². The van der Waals surface area contributed by atoms with Crippen molar-refractivity contribution in [3.63, 3.8) is 0 Å². The van der Waals surface area contributed by atoms with E-state index in [-0.39, 0.29) is 18.6 Å².